The Bertz CT molecular complexity index is 1890. The van der Waals surface area contributed by atoms with Crippen molar-refractivity contribution in [3.05, 3.63) is 102 Å². The van der Waals surface area contributed by atoms with Crippen LogP contribution in [-0.2, 0) is 0 Å². The van der Waals surface area contributed by atoms with E-state index < -0.39 is 0 Å². The van der Waals surface area contributed by atoms with E-state index in [1.807, 2.05) is 49.7 Å². The number of allylic oxidation sites excluding steroid dienone is 2. The fourth-order valence-corrected chi connectivity index (χ4v) is 5.93. The second-order valence-electron chi connectivity index (χ2n) is 11.1. The normalized spacial score (nSPS) is 14.9. The zero-order valence-corrected chi connectivity index (χ0v) is 23.9. The van der Waals surface area contributed by atoms with Crippen molar-refractivity contribution in [2.24, 2.45) is 5.92 Å². The van der Waals surface area contributed by atoms with Gasteiger partial charge in [-0.25, -0.2) is 9.37 Å². The van der Waals surface area contributed by atoms with Gasteiger partial charge in [-0.1, -0.05) is 63.5 Å². The lowest BCUT2D eigenvalue weighted by Crippen LogP contribution is -2.23. The van der Waals surface area contributed by atoms with Crippen molar-refractivity contribution >= 4 is 34.4 Å². The molecule has 0 atom stereocenters. The summed E-state index contributed by atoms with van der Waals surface area (Å²) in [7, 11) is 0. The number of H-pyrrole nitrogens is 2. The predicted octanol–water partition coefficient (Wildman–Crippen LogP) is 7.34. The molecule has 1 fully saturated rings. The topological polar surface area (TPSA) is 82.3 Å². The first-order valence-corrected chi connectivity index (χ1v) is 14.5. The lowest BCUT2D eigenvalue weighted by molar-refractivity contribution is 0.357. The second-order valence-corrected chi connectivity index (χ2v) is 11.1. The molecule has 6 rings (SSSR count). The zero-order valence-electron chi connectivity index (χ0n) is 23.9. The van der Waals surface area contributed by atoms with Crippen LogP contribution in [0.15, 0.2) is 79.9 Å². The first-order valence-electron chi connectivity index (χ1n) is 14.5. The molecule has 4 aromatic heterocycles. The standard InChI is InChI=1S/C35H35FN6/c1-4-32-31(15-22(2)26-18-28(21-37-20-26)39-23(3)16-24-9-6-5-7-10-24)34(42-41-32)33-19-30-29(13-14-38-35(30)40-33)25-11-8-12-27(36)17-25/h4,8,11-15,17-21,24,39,41H,2-3,5-7,9-10,16H2,1H3,(H,38,40)/b31-15+,32-4+. The Kier molecular flexibility index (Phi) is 7.82. The Morgan fingerprint density at radius 1 is 1.10 bits per heavy atom. The van der Waals surface area contributed by atoms with Crippen LogP contribution >= 0.6 is 0 Å². The molecule has 5 aromatic rings. The van der Waals surface area contributed by atoms with Gasteiger partial charge in [0.15, 0.2) is 0 Å². The van der Waals surface area contributed by atoms with E-state index in [-0.39, 0.29) is 5.82 Å². The number of nitrogens with one attached hydrogen (secondary N) is 3. The van der Waals surface area contributed by atoms with Crippen molar-refractivity contribution < 1.29 is 4.39 Å². The summed E-state index contributed by atoms with van der Waals surface area (Å²) >= 11 is 0. The van der Waals surface area contributed by atoms with Crippen LogP contribution in [0.25, 0.3) is 51.3 Å². The van der Waals surface area contributed by atoms with Gasteiger partial charge < -0.3 is 10.3 Å². The Labute approximate surface area is 244 Å². The van der Waals surface area contributed by atoms with E-state index >= 15 is 0 Å². The molecule has 0 amide bonds. The third-order valence-electron chi connectivity index (χ3n) is 8.05. The van der Waals surface area contributed by atoms with Crippen LogP contribution in [0.3, 0.4) is 0 Å². The van der Waals surface area contributed by atoms with Crippen molar-refractivity contribution in [1.29, 1.82) is 0 Å². The largest absolute Gasteiger partial charge is 0.358 e. The maximum atomic E-state index is 14.0. The highest BCUT2D eigenvalue weighted by molar-refractivity contribution is 5.96. The van der Waals surface area contributed by atoms with E-state index in [1.165, 1.54) is 44.2 Å². The van der Waals surface area contributed by atoms with E-state index in [2.05, 4.69) is 49.7 Å². The third-order valence-corrected chi connectivity index (χ3v) is 8.05. The molecule has 3 N–H and O–H groups in total. The Balaban J connectivity index is 1.31. The number of rotatable bonds is 8. The second kappa shape index (κ2) is 12.0. The molecule has 1 aliphatic rings. The van der Waals surface area contributed by atoms with Crippen LogP contribution < -0.4 is 15.9 Å². The van der Waals surface area contributed by atoms with Crippen LogP contribution in [0, 0.1) is 11.7 Å². The number of anilines is 1. The maximum absolute atomic E-state index is 14.0. The number of aromatic amines is 2. The van der Waals surface area contributed by atoms with E-state index in [4.69, 9.17) is 0 Å². The van der Waals surface area contributed by atoms with E-state index in [1.54, 1.807) is 12.3 Å². The van der Waals surface area contributed by atoms with E-state index in [0.29, 0.717) is 11.6 Å². The van der Waals surface area contributed by atoms with Crippen LogP contribution in [0.2, 0.25) is 0 Å². The minimum absolute atomic E-state index is 0.277. The average molecular weight is 559 g/mol. The van der Waals surface area contributed by atoms with Crippen molar-refractivity contribution in [2.45, 2.75) is 45.4 Å². The number of aromatic nitrogens is 5. The lowest BCUT2D eigenvalue weighted by atomic mass is 9.86. The summed E-state index contributed by atoms with van der Waals surface area (Å²) in [5, 5.41) is 13.9. The van der Waals surface area contributed by atoms with Crippen molar-refractivity contribution in [2.75, 3.05) is 5.32 Å². The Hall–Kier alpha value is -4.78. The van der Waals surface area contributed by atoms with Crippen LogP contribution in [0.1, 0.15) is 51.0 Å². The number of nitrogens with zero attached hydrogens (tertiary/aromatic N) is 3. The molecule has 7 heteroatoms. The molecule has 42 heavy (non-hydrogen) atoms. The number of hydrogen-bond donors (Lipinski definition) is 3. The summed E-state index contributed by atoms with van der Waals surface area (Å²) in [5.41, 5.74) is 7.60. The van der Waals surface area contributed by atoms with Gasteiger partial charge in [0, 0.05) is 34.3 Å². The van der Waals surface area contributed by atoms with Gasteiger partial charge in [-0.2, -0.15) is 5.10 Å². The summed E-state index contributed by atoms with van der Waals surface area (Å²) in [4.78, 5) is 12.4. The SMILES string of the molecule is C=C(CC1CCCCC1)Nc1cncc(C(=C)/C=c2/c(-c3cc4c(-c5cccc(F)c5)ccnc4[nH]3)n[nH]/c2=C/C)c1. The maximum Gasteiger partial charge on any atom is 0.138 e. The van der Waals surface area contributed by atoms with Gasteiger partial charge in [-0.05, 0) is 72.4 Å². The van der Waals surface area contributed by atoms with Gasteiger partial charge in [0.1, 0.15) is 17.2 Å². The number of hydrogen-bond acceptors (Lipinski definition) is 4. The quantitative estimate of drug-likeness (QED) is 0.186. The number of halogens is 1. The molecule has 0 radical (unpaired) electrons. The molecule has 0 bridgehead atoms. The first-order chi connectivity index (χ1) is 20.5. The van der Waals surface area contributed by atoms with Crippen LogP contribution in [0.5, 0.6) is 0 Å². The van der Waals surface area contributed by atoms with Gasteiger partial charge >= 0.3 is 0 Å². The van der Waals surface area contributed by atoms with Crippen LogP contribution in [-0.4, -0.2) is 25.1 Å². The predicted molar refractivity (Wildman–Crippen MR) is 170 cm³/mol. The average Bonchev–Trinajstić information content (AvgIpc) is 3.61. The summed E-state index contributed by atoms with van der Waals surface area (Å²) in [5.74, 6) is 0.438. The van der Waals surface area contributed by atoms with Crippen LogP contribution in [0.4, 0.5) is 10.1 Å². The molecule has 6 nitrogen and oxygen atoms in total. The molecule has 0 saturated heterocycles. The molecule has 1 saturated carbocycles. The molecular formula is C35H35FN6. The van der Waals surface area contributed by atoms with Gasteiger partial charge in [0.05, 0.1) is 22.9 Å². The van der Waals surface area contributed by atoms with Gasteiger partial charge in [0.2, 0.25) is 0 Å². The monoisotopic (exact) mass is 558 g/mol. The Morgan fingerprint density at radius 2 is 1.95 bits per heavy atom. The number of benzene rings is 1. The summed E-state index contributed by atoms with van der Waals surface area (Å²) in [6.07, 6.45) is 16.9. The molecule has 4 heterocycles. The molecule has 1 aromatic carbocycles. The van der Waals surface area contributed by atoms with Crippen molar-refractivity contribution in [3.8, 4) is 22.5 Å². The van der Waals surface area contributed by atoms with Crippen molar-refractivity contribution in [1.82, 2.24) is 25.1 Å². The molecule has 0 unspecified atom stereocenters. The molecular weight excluding hydrogens is 523 g/mol. The minimum atomic E-state index is -0.277. The smallest absolute Gasteiger partial charge is 0.138 e. The fourth-order valence-electron chi connectivity index (χ4n) is 5.93. The zero-order chi connectivity index (χ0) is 29.1. The fraction of sp³-hybridized carbons (Fsp3) is 0.229. The van der Waals surface area contributed by atoms with Gasteiger partial charge in [-0.15, -0.1) is 0 Å². The Morgan fingerprint density at radius 3 is 2.76 bits per heavy atom. The minimum Gasteiger partial charge on any atom is -0.358 e. The lowest BCUT2D eigenvalue weighted by Gasteiger charge is -2.22. The number of pyridine rings is 2. The van der Waals surface area contributed by atoms with E-state index in [9.17, 15) is 4.39 Å². The highest BCUT2D eigenvalue weighted by atomic mass is 19.1. The summed E-state index contributed by atoms with van der Waals surface area (Å²) < 4.78 is 14.0. The summed E-state index contributed by atoms with van der Waals surface area (Å²) in [6.45, 7) is 10.6. The summed E-state index contributed by atoms with van der Waals surface area (Å²) in [6, 6.07) is 12.6. The number of fused-ring (bicyclic) bond motifs is 1. The first kappa shape index (κ1) is 27.4. The van der Waals surface area contributed by atoms with Gasteiger partial charge in [-0.3, -0.25) is 10.1 Å². The molecule has 1 aliphatic carbocycles. The third kappa shape index (κ3) is 5.81. The molecule has 212 valence electrons. The van der Waals surface area contributed by atoms with E-state index in [0.717, 1.165) is 67.4 Å². The highest BCUT2D eigenvalue weighted by Crippen LogP contribution is 2.31. The van der Waals surface area contributed by atoms with Gasteiger partial charge in [0.25, 0.3) is 0 Å². The van der Waals surface area contributed by atoms with Crippen molar-refractivity contribution in [3.63, 3.8) is 0 Å². The highest BCUT2D eigenvalue weighted by Gasteiger charge is 2.16. The molecule has 0 spiro atoms. The molecule has 0 aliphatic heterocycles.